The maximum atomic E-state index is 14.9. The number of hydrogen-bond acceptors (Lipinski definition) is 11. The Morgan fingerprint density at radius 2 is 1.66 bits per heavy atom. The van der Waals surface area contributed by atoms with Crippen molar-refractivity contribution in [3.8, 4) is 11.5 Å². The number of phenols is 1. The van der Waals surface area contributed by atoms with Crippen LogP contribution in [0.4, 0.5) is 0 Å². The number of allylic oxidation sites excluding steroid dienone is 1. The van der Waals surface area contributed by atoms with Crippen LogP contribution in [0.15, 0.2) is 72.3 Å². The van der Waals surface area contributed by atoms with Crippen LogP contribution in [0.2, 0.25) is 0 Å². The van der Waals surface area contributed by atoms with Gasteiger partial charge in [-0.05, 0) is 20.8 Å². The molecule has 4 bridgehead atoms. The fraction of sp³-hybridized carbons (Fsp3) is 0.417. The first-order valence-corrected chi connectivity index (χ1v) is 15.6. The zero-order valence-corrected chi connectivity index (χ0v) is 26.0. The monoisotopic (exact) mass is 646 g/mol. The lowest BCUT2D eigenvalue weighted by Crippen LogP contribution is -2.73. The van der Waals surface area contributed by atoms with E-state index in [2.05, 4.69) is 0 Å². The minimum atomic E-state index is -2.43. The largest absolute Gasteiger partial charge is 0.507 e. The molecule has 0 amide bonds. The molecule has 3 aromatic carbocycles. The quantitative estimate of drug-likeness (QED) is 0.188. The van der Waals surface area contributed by atoms with Gasteiger partial charge in [-0.15, -0.1) is 0 Å². The van der Waals surface area contributed by atoms with Crippen molar-refractivity contribution < 1.29 is 55.1 Å². The van der Waals surface area contributed by atoms with Crippen LogP contribution in [0, 0.1) is 5.41 Å². The summed E-state index contributed by atoms with van der Waals surface area (Å²) in [6, 6.07) is 12.9. The van der Waals surface area contributed by atoms with Gasteiger partial charge in [0.1, 0.15) is 47.1 Å². The van der Waals surface area contributed by atoms with Gasteiger partial charge in [0.2, 0.25) is 6.29 Å². The average molecular weight is 647 g/mol. The average Bonchev–Trinajstić information content (AvgIpc) is 3.03. The molecule has 7 rings (SSSR count). The van der Waals surface area contributed by atoms with Crippen LogP contribution in [0.3, 0.4) is 0 Å². The number of aliphatic hydroxyl groups is 7. The Kier molecular flexibility index (Phi) is 7.08. The van der Waals surface area contributed by atoms with Gasteiger partial charge >= 0.3 is 0 Å². The van der Waals surface area contributed by atoms with Gasteiger partial charge in [-0.25, -0.2) is 0 Å². The number of carbonyl (C=O) groups is 1. The number of rotatable bonds is 5. The Morgan fingerprint density at radius 1 is 1.00 bits per heavy atom. The summed E-state index contributed by atoms with van der Waals surface area (Å²) in [6.45, 7) is 4.08. The summed E-state index contributed by atoms with van der Waals surface area (Å²) in [4.78, 5) is 14.9. The molecule has 3 aliphatic carbocycles. The van der Waals surface area contributed by atoms with Crippen LogP contribution in [0.25, 0.3) is 10.8 Å². The number of fused-ring (bicyclic) bond motifs is 6. The van der Waals surface area contributed by atoms with Crippen LogP contribution in [-0.4, -0.2) is 95.2 Å². The van der Waals surface area contributed by atoms with Crippen LogP contribution in [0.1, 0.15) is 60.2 Å². The molecule has 0 aromatic heterocycles. The topological polar surface area (TPSA) is 197 Å². The molecule has 0 radical (unpaired) electrons. The number of carbonyl (C=O) groups excluding carboxylic acids is 1. The maximum Gasteiger partial charge on any atom is 0.229 e. The Labute approximate surface area is 270 Å². The van der Waals surface area contributed by atoms with Crippen molar-refractivity contribution in [3.05, 3.63) is 94.6 Å². The van der Waals surface area contributed by atoms with Crippen molar-refractivity contribution in [2.24, 2.45) is 5.41 Å². The molecule has 11 heteroatoms. The van der Waals surface area contributed by atoms with Gasteiger partial charge in [0.15, 0.2) is 5.78 Å². The number of Topliss-reactive ketones (excluding diaryl/α,β-unsaturated/α-hetero) is 1. The Bertz CT molecular complexity index is 1860. The molecular formula is C36H38O11. The minimum Gasteiger partial charge on any atom is -0.507 e. The van der Waals surface area contributed by atoms with Gasteiger partial charge in [0, 0.05) is 45.4 Å². The second-order valence-corrected chi connectivity index (χ2v) is 13.8. The molecule has 1 saturated heterocycles. The highest BCUT2D eigenvalue weighted by atomic mass is 16.7. The molecule has 1 heterocycles. The zero-order valence-electron chi connectivity index (χ0n) is 26.0. The number of aliphatic hydroxyl groups excluding tert-OH is 4. The number of aromatic hydroxyl groups is 1. The third kappa shape index (κ3) is 4.06. The fourth-order valence-electron chi connectivity index (χ4n) is 8.26. The van der Waals surface area contributed by atoms with E-state index in [1.807, 2.05) is 0 Å². The van der Waals surface area contributed by atoms with Crippen molar-refractivity contribution in [3.63, 3.8) is 0 Å². The lowest BCUT2D eigenvalue weighted by atomic mass is 9.40. The van der Waals surface area contributed by atoms with Gasteiger partial charge in [-0.1, -0.05) is 72.3 Å². The summed E-state index contributed by atoms with van der Waals surface area (Å²) in [7, 11) is 0. The summed E-state index contributed by atoms with van der Waals surface area (Å²) in [5.41, 5.74) is -7.24. The van der Waals surface area contributed by atoms with Crippen LogP contribution in [0.5, 0.6) is 11.5 Å². The lowest BCUT2D eigenvalue weighted by Gasteiger charge is -2.64. The van der Waals surface area contributed by atoms with Gasteiger partial charge < -0.3 is 50.3 Å². The molecule has 248 valence electrons. The second-order valence-electron chi connectivity index (χ2n) is 13.8. The van der Waals surface area contributed by atoms with Crippen LogP contribution in [-0.2, 0) is 10.3 Å². The van der Waals surface area contributed by atoms with E-state index in [-0.39, 0.29) is 45.6 Å². The summed E-state index contributed by atoms with van der Waals surface area (Å²) in [6.07, 6.45) is -3.71. The molecule has 4 aliphatic rings. The standard InChI is InChI=1S/C36H38O11/c1-17-14-22-24-25(26(38)18-8-4-5-9-19(18)30(24)47-32-29(41)28(40)27(39)23(16-37)46-32)36(45)21-11-7-6-10-20(21)31(42)34(22,35(36,44)15-17)13-12-33(2,3)43/h4-14,22-23,27-29,32,37-41,43-45H,15-16H2,1-3H3/b13-12+/t22-,23-,27-,28+,29-,32+,34-,35-,36+/m1/s1. The molecule has 1 aliphatic heterocycles. The Morgan fingerprint density at radius 3 is 2.34 bits per heavy atom. The molecule has 8 N–H and O–H groups in total. The first kappa shape index (κ1) is 31.9. The predicted molar refractivity (Wildman–Crippen MR) is 168 cm³/mol. The van der Waals surface area contributed by atoms with E-state index in [0.717, 1.165) is 0 Å². The van der Waals surface area contributed by atoms with E-state index in [1.54, 1.807) is 55.5 Å². The van der Waals surface area contributed by atoms with Crippen molar-refractivity contribution >= 4 is 16.6 Å². The maximum absolute atomic E-state index is 14.9. The van der Waals surface area contributed by atoms with Gasteiger partial charge in [0.05, 0.1) is 17.6 Å². The third-order valence-electron chi connectivity index (χ3n) is 10.4. The van der Waals surface area contributed by atoms with Crippen molar-refractivity contribution in [1.82, 2.24) is 0 Å². The number of ketones is 1. The molecule has 47 heavy (non-hydrogen) atoms. The summed E-state index contributed by atoms with van der Waals surface area (Å²) >= 11 is 0. The van der Waals surface area contributed by atoms with E-state index in [1.165, 1.54) is 32.1 Å². The van der Waals surface area contributed by atoms with Crippen molar-refractivity contribution in [1.29, 1.82) is 0 Å². The molecule has 9 atom stereocenters. The highest BCUT2D eigenvalue weighted by molar-refractivity contribution is 6.09. The SMILES string of the molecule is CC1=C[C@@H]2c3c(c(O)c4ccccc4c3O[C@@H]3O[C@H](CO)[C@@H](O)[C@H](O)[C@H]3O)[C@@]3(O)c4ccccc4C(=O)[C@]2(/C=C/C(C)(C)O)[C@]3(O)C1. The first-order chi connectivity index (χ1) is 22.1. The fourth-order valence-corrected chi connectivity index (χ4v) is 8.26. The third-order valence-corrected chi connectivity index (χ3v) is 10.4. The van der Waals surface area contributed by atoms with Gasteiger partial charge in [-0.2, -0.15) is 0 Å². The summed E-state index contributed by atoms with van der Waals surface area (Å²) in [5.74, 6) is -2.01. The smallest absolute Gasteiger partial charge is 0.229 e. The van der Waals surface area contributed by atoms with E-state index in [9.17, 15) is 45.6 Å². The van der Waals surface area contributed by atoms with Crippen LogP contribution < -0.4 is 4.74 Å². The molecule has 0 saturated carbocycles. The first-order valence-electron chi connectivity index (χ1n) is 15.6. The number of ether oxygens (including phenoxy) is 2. The van der Waals surface area contributed by atoms with E-state index < -0.39 is 71.2 Å². The summed E-state index contributed by atoms with van der Waals surface area (Å²) in [5, 5.41) is 91.6. The van der Waals surface area contributed by atoms with Crippen LogP contribution >= 0.6 is 0 Å². The Balaban J connectivity index is 1.63. The van der Waals surface area contributed by atoms with Gasteiger partial charge in [0.25, 0.3) is 0 Å². The molecular weight excluding hydrogens is 608 g/mol. The zero-order chi connectivity index (χ0) is 33.8. The van der Waals surface area contributed by atoms with E-state index in [0.29, 0.717) is 11.0 Å². The van der Waals surface area contributed by atoms with E-state index >= 15 is 0 Å². The molecule has 11 nitrogen and oxygen atoms in total. The number of benzene rings is 3. The highest BCUT2D eigenvalue weighted by Gasteiger charge is 2.77. The second kappa shape index (κ2) is 10.4. The van der Waals surface area contributed by atoms with Crippen molar-refractivity contribution in [2.45, 2.75) is 80.6 Å². The highest BCUT2D eigenvalue weighted by Crippen LogP contribution is 2.72. The molecule has 3 aromatic rings. The Hall–Kier alpha value is -3.65. The normalized spacial score (nSPS) is 36.2. The summed E-state index contributed by atoms with van der Waals surface area (Å²) < 4.78 is 12.1. The molecule has 0 spiro atoms. The van der Waals surface area contributed by atoms with Gasteiger partial charge in [-0.3, -0.25) is 4.79 Å². The molecule has 0 unspecified atom stereocenters. The number of phenolic OH excluding ortho intramolecular Hbond substituents is 1. The number of hydrogen-bond donors (Lipinski definition) is 8. The molecule has 1 fully saturated rings. The predicted octanol–water partition coefficient (Wildman–Crippen LogP) is 1.65. The lowest BCUT2D eigenvalue weighted by molar-refractivity contribution is -0.277. The van der Waals surface area contributed by atoms with Crippen molar-refractivity contribution in [2.75, 3.05) is 6.61 Å². The minimum absolute atomic E-state index is 0.0256. The van der Waals surface area contributed by atoms with E-state index in [4.69, 9.17) is 9.47 Å².